The van der Waals surface area contributed by atoms with Crippen LogP contribution >= 0.6 is 23.2 Å². The minimum Gasteiger partial charge on any atom is -0.497 e. The summed E-state index contributed by atoms with van der Waals surface area (Å²) in [5, 5.41) is 4.53. The van der Waals surface area contributed by atoms with Gasteiger partial charge in [0.2, 0.25) is 11.7 Å². The van der Waals surface area contributed by atoms with Crippen LogP contribution < -0.4 is 4.74 Å². The van der Waals surface area contributed by atoms with E-state index in [9.17, 15) is 4.79 Å². The highest BCUT2D eigenvalue weighted by atomic mass is 35.5. The maximum atomic E-state index is 12.6. The lowest BCUT2D eigenvalue weighted by Gasteiger charge is -2.16. The molecule has 0 N–H and O–H groups in total. The van der Waals surface area contributed by atoms with Crippen molar-refractivity contribution in [2.45, 2.75) is 6.54 Å². The van der Waals surface area contributed by atoms with E-state index in [0.29, 0.717) is 21.8 Å². The summed E-state index contributed by atoms with van der Waals surface area (Å²) in [5.74, 6) is 1.14. The van der Waals surface area contributed by atoms with Gasteiger partial charge >= 0.3 is 0 Å². The SMILES string of the molecule is COc1ccc(-c2noc(CN(C)C(=O)c3c(Cl)cccc3Cl)n2)cc1. The highest BCUT2D eigenvalue weighted by molar-refractivity contribution is 6.39. The Balaban J connectivity index is 1.75. The molecule has 26 heavy (non-hydrogen) atoms. The van der Waals surface area contributed by atoms with Crippen LogP contribution in [0, 0.1) is 0 Å². The van der Waals surface area contributed by atoms with Gasteiger partial charge in [0.15, 0.2) is 0 Å². The number of rotatable bonds is 5. The Morgan fingerprint density at radius 2 is 1.81 bits per heavy atom. The summed E-state index contributed by atoms with van der Waals surface area (Å²) in [5.41, 5.74) is 1.03. The van der Waals surface area contributed by atoms with Crippen LogP contribution in [0.5, 0.6) is 5.75 Å². The Morgan fingerprint density at radius 1 is 1.15 bits per heavy atom. The van der Waals surface area contributed by atoms with Gasteiger partial charge in [-0.1, -0.05) is 34.4 Å². The average Bonchev–Trinajstić information content (AvgIpc) is 3.10. The van der Waals surface area contributed by atoms with Gasteiger partial charge in [0, 0.05) is 12.6 Å². The number of benzene rings is 2. The third kappa shape index (κ3) is 3.81. The molecule has 0 saturated carbocycles. The Hall–Kier alpha value is -2.57. The topological polar surface area (TPSA) is 68.5 Å². The van der Waals surface area contributed by atoms with Gasteiger partial charge < -0.3 is 14.2 Å². The second-order valence-electron chi connectivity index (χ2n) is 5.50. The zero-order valence-electron chi connectivity index (χ0n) is 14.1. The van der Waals surface area contributed by atoms with Crippen molar-refractivity contribution in [2.75, 3.05) is 14.2 Å². The molecule has 0 unspecified atom stereocenters. The van der Waals surface area contributed by atoms with E-state index in [1.54, 1.807) is 44.5 Å². The van der Waals surface area contributed by atoms with Crippen molar-refractivity contribution in [3.8, 4) is 17.1 Å². The monoisotopic (exact) mass is 391 g/mol. The first-order chi connectivity index (χ1) is 12.5. The van der Waals surface area contributed by atoms with E-state index in [1.165, 1.54) is 4.90 Å². The molecular weight excluding hydrogens is 377 g/mol. The molecule has 0 bridgehead atoms. The summed E-state index contributed by atoms with van der Waals surface area (Å²) < 4.78 is 10.4. The first kappa shape index (κ1) is 18.2. The molecule has 0 aliphatic heterocycles. The molecule has 8 heteroatoms. The summed E-state index contributed by atoms with van der Waals surface area (Å²) in [6, 6.07) is 12.2. The number of halogens is 2. The molecule has 3 rings (SSSR count). The Morgan fingerprint density at radius 3 is 2.42 bits per heavy atom. The summed E-state index contributed by atoms with van der Waals surface area (Å²) in [7, 11) is 3.21. The molecule has 2 aromatic carbocycles. The van der Waals surface area contributed by atoms with Crippen LogP contribution in [-0.2, 0) is 6.54 Å². The van der Waals surface area contributed by atoms with E-state index in [4.69, 9.17) is 32.5 Å². The van der Waals surface area contributed by atoms with Crippen LogP contribution in [-0.4, -0.2) is 35.1 Å². The van der Waals surface area contributed by atoms with Gasteiger partial charge in [0.25, 0.3) is 5.91 Å². The average molecular weight is 392 g/mol. The molecule has 1 aromatic heterocycles. The Bertz CT molecular complexity index is 905. The van der Waals surface area contributed by atoms with Gasteiger partial charge in [-0.15, -0.1) is 0 Å². The van der Waals surface area contributed by atoms with Crippen molar-refractivity contribution >= 4 is 29.1 Å². The smallest absolute Gasteiger partial charge is 0.257 e. The second kappa shape index (κ2) is 7.76. The molecule has 6 nitrogen and oxygen atoms in total. The molecule has 1 heterocycles. The first-order valence-electron chi connectivity index (χ1n) is 7.66. The number of carbonyl (C=O) groups is 1. The lowest BCUT2D eigenvalue weighted by Crippen LogP contribution is -2.27. The van der Waals surface area contributed by atoms with Crippen LogP contribution in [0.2, 0.25) is 10.0 Å². The van der Waals surface area contributed by atoms with Crippen LogP contribution in [0.4, 0.5) is 0 Å². The predicted octanol–water partition coefficient (Wildman–Crippen LogP) is 4.32. The lowest BCUT2D eigenvalue weighted by atomic mass is 10.2. The van der Waals surface area contributed by atoms with Gasteiger partial charge in [-0.05, 0) is 36.4 Å². The number of nitrogens with zero attached hydrogens (tertiary/aromatic N) is 3. The number of amides is 1. The third-order valence-electron chi connectivity index (χ3n) is 3.71. The number of methoxy groups -OCH3 is 1. The number of carbonyl (C=O) groups excluding carboxylic acids is 1. The molecule has 0 atom stereocenters. The minimum absolute atomic E-state index is 0.129. The quantitative estimate of drug-likeness (QED) is 0.647. The standard InChI is InChI=1S/C18H15Cl2N3O3/c1-23(18(24)16-13(19)4-3-5-14(16)20)10-15-21-17(22-26-15)11-6-8-12(25-2)9-7-11/h3-9H,10H2,1-2H3. The van der Waals surface area contributed by atoms with Crippen molar-refractivity contribution in [3.63, 3.8) is 0 Å². The minimum atomic E-state index is -0.329. The van der Waals surface area contributed by atoms with Gasteiger partial charge in [0.05, 0.1) is 29.3 Å². The number of aromatic nitrogens is 2. The summed E-state index contributed by atoms with van der Waals surface area (Å²) in [6.45, 7) is 0.129. The predicted molar refractivity (Wildman–Crippen MR) is 98.5 cm³/mol. The number of ether oxygens (including phenoxy) is 1. The molecule has 0 saturated heterocycles. The molecular formula is C18H15Cl2N3O3. The summed E-state index contributed by atoms with van der Waals surface area (Å²) in [6.07, 6.45) is 0. The third-order valence-corrected chi connectivity index (χ3v) is 4.34. The fourth-order valence-corrected chi connectivity index (χ4v) is 2.90. The van der Waals surface area contributed by atoms with Crippen LogP contribution in [0.15, 0.2) is 47.0 Å². The van der Waals surface area contributed by atoms with Crippen molar-refractivity contribution in [2.24, 2.45) is 0 Å². The van der Waals surface area contributed by atoms with Gasteiger partial charge in [0.1, 0.15) is 5.75 Å². The molecule has 0 spiro atoms. The van der Waals surface area contributed by atoms with E-state index in [1.807, 2.05) is 12.1 Å². The largest absolute Gasteiger partial charge is 0.497 e. The van der Waals surface area contributed by atoms with Gasteiger partial charge in [-0.3, -0.25) is 4.79 Å². The van der Waals surface area contributed by atoms with Crippen molar-refractivity contribution < 1.29 is 14.1 Å². The second-order valence-corrected chi connectivity index (χ2v) is 6.31. The van der Waals surface area contributed by atoms with Crippen molar-refractivity contribution in [1.29, 1.82) is 0 Å². The Labute approximate surface area is 160 Å². The van der Waals surface area contributed by atoms with Gasteiger partial charge in [-0.25, -0.2) is 0 Å². The van der Waals surface area contributed by atoms with E-state index in [0.717, 1.165) is 11.3 Å². The highest BCUT2D eigenvalue weighted by Crippen LogP contribution is 2.26. The van der Waals surface area contributed by atoms with Crippen LogP contribution in [0.1, 0.15) is 16.2 Å². The fraction of sp³-hybridized carbons (Fsp3) is 0.167. The summed E-state index contributed by atoms with van der Waals surface area (Å²) in [4.78, 5) is 18.3. The normalized spacial score (nSPS) is 10.6. The number of hydrogen-bond acceptors (Lipinski definition) is 5. The molecule has 0 fully saturated rings. The maximum absolute atomic E-state index is 12.6. The number of hydrogen-bond donors (Lipinski definition) is 0. The van der Waals surface area contributed by atoms with Crippen molar-refractivity contribution in [1.82, 2.24) is 15.0 Å². The van der Waals surface area contributed by atoms with E-state index < -0.39 is 0 Å². The molecule has 3 aromatic rings. The Kier molecular flexibility index (Phi) is 5.44. The summed E-state index contributed by atoms with van der Waals surface area (Å²) >= 11 is 12.2. The fourth-order valence-electron chi connectivity index (χ4n) is 2.34. The van der Waals surface area contributed by atoms with Gasteiger partial charge in [-0.2, -0.15) is 4.98 Å². The molecule has 0 aliphatic rings. The molecule has 134 valence electrons. The van der Waals surface area contributed by atoms with Crippen molar-refractivity contribution in [3.05, 3.63) is 64.0 Å². The van der Waals surface area contributed by atoms with E-state index in [2.05, 4.69) is 10.1 Å². The van der Waals surface area contributed by atoms with Crippen LogP contribution in [0.25, 0.3) is 11.4 Å². The zero-order chi connectivity index (χ0) is 18.7. The molecule has 0 radical (unpaired) electrons. The zero-order valence-corrected chi connectivity index (χ0v) is 15.6. The maximum Gasteiger partial charge on any atom is 0.257 e. The van der Waals surface area contributed by atoms with E-state index >= 15 is 0 Å². The van der Waals surface area contributed by atoms with Crippen LogP contribution in [0.3, 0.4) is 0 Å². The molecule has 1 amide bonds. The highest BCUT2D eigenvalue weighted by Gasteiger charge is 2.20. The molecule has 0 aliphatic carbocycles. The lowest BCUT2D eigenvalue weighted by molar-refractivity contribution is 0.0770. The van der Waals surface area contributed by atoms with E-state index in [-0.39, 0.29) is 18.0 Å². The first-order valence-corrected chi connectivity index (χ1v) is 8.41.